The van der Waals surface area contributed by atoms with Gasteiger partial charge in [-0.15, -0.1) is 0 Å². The van der Waals surface area contributed by atoms with Crippen LogP contribution in [0.5, 0.6) is 0 Å². The summed E-state index contributed by atoms with van der Waals surface area (Å²) < 4.78 is 0.356. The molecule has 0 saturated carbocycles. The largest absolute Gasteiger partial charge is 0.347 e. The molecule has 0 aromatic carbocycles. The summed E-state index contributed by atoms with van der Waals surface area (Å²) in [4.78, 5) is 18.4. The molecular weight excluding hydrogens is 252 g/mol. The zero-order valence-corrected chi connectivity index (χ0v) is 12.2. The zero-order chi connectivity index (χ0) is 12.5. The predicted molar refractivity (Wildman–Crippen MR) is 75.6 cm³/mol. The molecule has 2 rings (SSSR count). The van der Waals surface area contributed by atoms with Gasteiger partial charge in [-0.25, -0.2) is 4.98 Å². The first-order chi connectivity index (χ1) is 8.02. The van der Waals surface area contributed by atoms with Gasteiger partial charge in [0.15, 0.2) is 11.4 Å². The number of anilines is 1. The Labute approximate surface area is 111 Å². The fourth-order valence-corrected chi connectivity index (χ4v) is 3.88. The molecule has 1 fully saturated rings. The number of aryl methyl sites for hydroxylation is 1. The molecule has 0 radical (unpaired) electrons. The minimum absolute atomic E-state index is 0.356. The van der Waals surface area contributed by atoms with E-state index in [2.05, 4.69) is 23.7 Å². The van der Waals surface area contributed by atoms with Crippen molar-refractivity contribution in [3.63, 3.8) is 0 Å². The number of thioether (sulfide) groups is 1. The molecule has 0 spiro atoms. The highest BCUT2D eigenvalue weighted by molar-refractivity contribution is 8.00. The third-order valence-electron chi connectivity index (χ3n) is 3.04. The van der Waals surface area contributed by atoms with Gasteiger partial charge in [0.2, 0.25) is 0 Å². The van der Waals surface area contributed by atoms with Crippen LogP contribution in [-0.2, 0) is 0 Å². The standard InChI is InChI=1S/C12H18N2OS2/c1-9-10(8-15)17-11(13-9)14-5-4-12(2,3)16-7-6-14/h8H,4-7H2,1-3H3. The fourth-order valence-electron chi connectivity index (χ4n) is 1.85. The summed E-state index contributed by atoms with van der Waals surface area (Å²) in [6, 6.07) is 0. The maximum atomic E-state index is 10.8. The van der Waals surface area contributed by atoms with Crippen molar-refractivity contribution in [3.8, 4) is 0 Å². The van der Waals surface area contributed by atoms with Crippen molar-refractivity contribution in [2.24, 2.45) is 0 Å². The van der Waals surface area contributed by atoms with Gasteiger partial charge >= 0.3 is 0 Å². The van der Waals surface area contributed by atoms with E-state index in [4.69, 9.17) is 0 Å². The Kier molecular flexibility index (Phi) is 3.78. The van der Waals surface area contributed by atoms with Crippen molar-refractivity contribution >= 4 is 34.5 Å². The van der Waals surface area contributed by atoms with Crippen molar-refractivity contribution in [2.75, 3.05) is 23.7 Å². The summed E-state index contributed by atoms with van der Waals surface area (Å²) in [5, 5.41) is 1.00. The van der Waals surface area contributed by atoms with E-state index in [1.807, 2.05) is 18.7 Å². The Hall–Kier alpha value is -0.550. The molecule has 0 N–H and O–H groups in total. The van der Waals surface area contributed by atoms with Crippen LogP contribution in [-0.4, -0.2) is 34.9 Å². The highest BCUT2D eigenvalue weighted by Gasteiger charge is 2.25. The number of carbonyl (C=O) groups is 1. The van der Waals surface area contributed by atoms with E-state index in [0.29, 0.717) is 4.75 Å². The number of nitrogens with zero attached hydrogens (tertiary/aromatic N) is 2. The Morgan fingerprint density at radius 1 is 1.41 bits per heavy atom. The molecule has 0 unspecified atom stereocenters. The number of aldehydes is 1. The quantitative estimate of drug-likeness (QED) is 0.774. The van der Waals surface area contributed by atoms with Gasteiger partial charge in [-0.2, -0.15) is 11.8 Å². The van der Waals surface area contributed by atoms with E-state index < -0.39 is 0 Å². The van der Waals surface area contributed by atoms with E-state index in [1.54, 1.807) is 0 Å². The second-order valence-corrected chi connectivity index (χ2v) is 7.72. The van der Waals surface area contributed by atoms with Gasteiger partial charge in [0, 0.05) is 23.6 Å². The molecule has 1 aliphatic heterocycles. The summed E-state index contributed by atoms with van der Waals surface area (Å²) in [6.45, 7) is 8.56. The highest BCUT2D eigenvalue weighted by atomic mass is 32.2. The van der Waals surface area contributed by atoms with Gasteiger partial charge in [0.1, 0.15) is 0 Å². The average molecular weight is 270 g/mol. The number of aromatic nitrogens is 1. The van der Waals surface area contributed by atoms with Crippen LogP contribution < -0.4 is 4.90 Å². The topological polar surface area (TPSA) is 33.2 Å². The van der Waals surface area contributed by atoms with Gasteiger partial charge in [-0.3, -0.25) is 4.79 Å². The lowest BCUT2D eigenvalue weighted by molar-refractivity contribution is 0.112. The van der Waals surface area contributed by atoms with E-state index in [-0.39, 0.29) is 0 Å². The summed E-state index contributed by atoms with van der Waals surface area (Å²) in [6.07, 6.45) is 2.07. The Morgan fingerprint density at radius 2 is 2.18 bits per heavy atom. The minimum Gasteiger partial charge on any atom is -0.347 e. The maximum absolute atomic E-state index is 10.8. The van der Waals surface area contributed by atoms with E-state index >= 15 is 0 Å². The van der Waals surface area contributed by atoms with Crippen LogP contribution in [0, 0.1) is 6.92 Å². The van der Waals surface area contributed by atoms with Crippen LogP contribution in [0.2, 0.25) is 0 Å². The van der Waals surface area contributed by atoms with Gasteiger partial charge in [-0.05, 0) is 13.3 Å². The molecule has 1 aromatic rings. The van der Waals surface area contributed by atoms with Crippen molar-refractivity contribution in [3.05, 3.63) is 10.6 Å². The van der Waals surface area contributed by atoms with E-state index in [1.165, 1.54) is 11.3 Å². The first kappa shape index (κ1) is 12.9. The van der Waals surface area contributed by atoms with Crippen LogP contribution >= 0.6 is 23.1 Å². The summed E-state index contributed by atoms with van der Waals surface area (Å²) in [5.74, 6) is 1.13. The van der Waals surface area contributed by atoms with Crippen molar-refractivity contribution in [2.45, 2.75) is 31.9 Å². The molecule has 0 bridgehead atoms. The molecule has 0 amide bonds. The fraction of sp³-hybridized carbons (Fsp3) is 0.667. The maximum Gasteiger partial charge on any atom is 0.186 e. The van der Waals surface area contributed by atoms with Crippen LogP contribution in [0.1, 0.15) is 35.6 Å². The molecule has 2 heterocycles. The lowest BCUT2D eigenvalue weighted by atomic mass is 10.1. The molecule has 0 atom stereocenters. The molecule has 5 heteroatoms. The Morgan fingerprint density at radius 3 is 2.82 bits per heavy atom. The third-order valence-corrected chi connectivity index (χ3v) is 5.55. The smallest absolute Gasteiger partial charge is 0.186 e. The SMILES string of the molecule is Cc1nc(N2CCSC(C)(C)CC2)sc1C=O. The van der Waals surface area contributed by atoms with Crippen molar-refractivity contribution in [1.82, 2.24) is 4.98 Å². The number of carbonyl (C=O) groups excluding carboxylic acids is 1. The summed E-state index contributed by atoms with van der Waals surface area (Å²) >= 11 is 3.53. The second kappa shape index (κ2) is 4.98. The lowest BCUT2D eigenvalue weighted by Crippen LogP contribution is -2.26. The molecule has 94 valence electrons. The normalized spacial score (nSPS) is 20.1. The molecule has 1 aliphatic rings. The molecule has 1 saturated heterocycles. The Bertz CT molecular complexity index is 415. The van der Waals surface area contributed by atoms with Crippen molar-refractivity contribution in [1.29, 1.82) is 0 Å². The van der Waals surface area contributed by atoms with Crippen LogP contribution in [0.3, 0.4) is 0 Å². The van der Waals surface area contributed by atoms with Crippen LogP contribution in [0.4, 0.5) is 5.13 Å². The monoisotopic (exact) mass is 270 g/mol. The van der Waals surface area contributed by atoms with Crippen molar-refractivity contribution < 1.29 is 4.79 Å². The number of hydrogen-bond acceptors (Lipinski definition) is 5. The van der Waals surface area contributed by atoms with E-state index in [9.17, 15) is 4.79 Å². The predicted octanol–water partition coefficient (Wildman–Crippen LogP) is 2.99. The first-order valence-electron chi connectivity index (χ1n) is 5.83. The van der Waals surface area contributed by atoms with Gasteiger partial charge in [0.05, 0.1) is 10.6 Å². The molecule has 0 aliphatic carbocycles. The number of rotatable bonds is 2. The highest BCUT2D eigenvalue weighted by Crippen LogP contribution is 2.33. The second-order valence-electron chi connectivity index (χ2n) is 4.91. The first-order valence-corrected chi connectivity index (χ1v) is 7.63. The van der Waals surface area contributed by atoms with Gasteiger partial charge in [-0.1, -0.05) is 25.2 Å². The van der Waals surface area contributed by atoms with Crippen LogP contribution in [0.15, 0.2) is 0 Å². The van der Waals surface area contributed by atoms with E-state index in [0.717, 1.165) is 47.3 Å². The van der Waals surface area contributed by atoms with Gasteiger partial charge in [0.25, 0.3) is 0 Å². The zero-order valence-electron chi connectivity index (χ0n) is 10.5. The van der Waals surface area contributed by atoms with Crippen LogP contribution in [0.25, 0.3) is 0 Å². The minimum atomic E-state index is 0.356. The average Bonchev–Trinajstić information content (AvgIpc) is 2.54. The van der Waals surface area contributed by atoms with Gasteiger partial charge < -0.3 is 4.90 Å². The molecule has 3 nitrogen and oxygen atoms in total. The molecule has 1 aromatic heterocycles. The number of hydrogen-bond donors (Lipinski definition) is 0. The molecular formula is C12H18N2OS2. The number of thiazole rings is 1. The lowest BCUT2D eigenvalue weighted by Gasteiger charge is -2.22. The third kappa shape index (κ3) is 3.01. The summed E-state index contributed by atoms with van der Waals surface area (Å²) in [7, 11) is 0. The summed E-state index contributed by atoms with van der Waals surface area (Å²) in [5.41, 5.74) is 0.858. The molecule has 17 heavy (non-hydrogen) atoms. The Balaban J connectivity index is 2.14.